The largest absolute Gasteiger partial charge is 0.465 e. The van der Waals surface area contributed by atoms with Gasteiger partial charge < -0.3 is 9.47 Å². The van der Waals surface area contributed by atoms with Gasteiger partial charge in [0.1, 0.15) is 11.7 Å². The van der Waals surface area contributed by atoms with Crippen LogP contribution >= 0.6 is 0 Å². The van der Waals surface area contributed by atoms with Crippen LogP contribution in [-0.4, -0.2) is 24.5 Å². The van der Waals surface area contributed by atoms with Crippen molar-refractivity contribution in [3.8, 4) is 0 Å². The van der Waals surface area contributed by atoms with Crippen LogP contribution in [0.1, 0.15) is 32.8 Å². The van der Waals surface area contributed by atoms with E-state index >= 15 is 0 Å². The summed E-state index contributed by atoms with van der Waals surface area (Å²) in [4.78, 5) is 23.1. The third-order valence-electron chi connectivity index (χ3n) is 3.20. The summed E-state index contributed by atoms with van der Waals surface area (Å²) in [5.41, 5.74) is 1.11. The second-order valence-corrected chi connectivity index (χ2v) is 5.08. The van der Waals surface area contributed by atoms with Crippen LogP contribution in [-0.2, 0) is 25.7 Å². The molecule has 0 fully saturated rings. The molecule has 22 heavy (non-hydrogen) atoms. The van der Waals surface area contributed by atoms with E-state index in [1.165, 1.54) is 6.92 Å². The molecule has 1 aromatic carbocycles. The SMILES string of the molecule is CCOC(=O)C(C/C=C/[C@H](C)OCc1ccccc1)C(C)=O. The summed E-state index contributed by atoms with van der Waals surface area (Å²) < 4.78 is 10.6. The number of ether oxygens (including phenoxy) is 2. The molecule has 0 radical (unpaired) electrons. The van der Waals surface area contributed by atoms with Crippen molar-refractivity contribution in [1.82, 2.24) is 0 Å². The maximum atomic E-state index is 11.7. The monoisotopic (exact) mass is 304 g/mol. The third kappa shape index (κ3) is 6.68. The Labute approximate surface area is 132 Å². The number of ketones is 1. The molecule has 4 nitrogen and oxygen atoms in total. The van der Waals surface area contributed by atoms with Crippen molar-refractivity contribution in [3.05, 3.63) is 48.0 Å². The van der Waals surface area contributed by atoms with E-state index in [1.807, 2.05) is 43.3 Å². The minimum absolute atomic E-state index is 0.0880. The highest BCUT2D eigenvalue weighted by Gasteiger charge is 2.23. The zero-order chi connectivity index (χ0) is 16.4. The van der Waals surface area contributed by atoms with E-state index in [2.05, 4.69) is 0 Å². The molecule has 120 valence electrons. The van der Waals surface area contributed by atoms with Gasteiger partial charge in [0, 0.05) is 0 Å². The molecule has 4 heteroatoms. The van der Waals surface area contributed by atoms with Gasteiger partial charge in [-0.2, -0.15) is 0 Å². The summed E-state index contributed by atoms with van der Waals surface area (Å²) >= 11 is 0. The Hall–Kier alpha value is -1.94. The highest BCUT2D eigenvalue weighted by atomic mass is 16.5. The Morgan fingerprint density at radius 1 is 1.23 bits per heavy atom. The number of esters is 1. The number of rotatable bonds is 9. The lowest BCUT2D eigenvalue weighted by Gasteiger charge is -2.11. The van der Waals surface area contributed by atoms with Gasteiger partial charge in [0.2, 0.25) is 0 Å². The summed E-state index contributed by atoms with van der Waals surface area (Å²) in [6.07, 6.45) is 3.92. The first-order valence-corrected chi connectivity index (χ1v) is 7.53. The van der Waals surface area contributed by atoms with Crippen molar-refractivity contribution < 1.29 is 19.1 Å². The number of hydrogen-bond acceptors (Lipinski definition) is 4. The number of Topliss-reactive ketones (excluding diaryl/α,β-unsaturated/α-hetero) is 1. The van der Waals surface area contributed by atoms with Crippen molar-refractivity contribution in [2.75, 3.05) is 6.61 Å². The molecule has 1 aromatic rings. The molecule has 0 aliphatic heterocycles. The molecule has 0 saturated heterocycles. The predicted molar refractivity (Wildman–Crippen MR) is 85.3 cm³/mol. The van der Waals surface area contributed by atoms with Gasteiger partial charge in [-0.05, 0) is 32.8 Å². The van der Waals surface area contributed by atoms with Crippen molar-refractivity contribution >= 4 is 11.8 Å². The first kappa shape index (κ1) is 18.1. The zero-order valence-electron chi connectivity index (χ0n) is 13.5. The van der Waals surface area contributed by atoms with Crippen LogP contribution < -0.4 is 0 Å². The molecule has 0 bridgehead atoms. The third-order valence-corrected chi connectivity index (χ3v) is 3.20. The molecular weight excluding hydrogens is 280 g/mol. The van der Waals surface area contributed by atoms with Crippen LogP contribution in [0.4, 0.5) is 0 Å². The Morgan fingerprint density at radius 2 is 1.91 bits per heavy atom. The molecule has 0 N–H and O–H groups in total. The van der Waals surface area contributed by atoms with Crippen LogP contribution in [0.3, 0.4) is 0 Å². The van der Waals surface area contributed by atoms with Gasteiger partial charge >= 0.3 is 5.97 Å². The molecule has 0 aromatic heterocycles. The van der Waals surface area contributed by atoms with Crippen LogP contribution in [0.2, 0.25) is 0 Å². The number of carbonyl (C=O) groups excluding carboxylic acids is 2. The molecule has 0 aliphatic rings. The van der Waals surface area contributed by atoms with Gasteiger partial charge in [0.15, 0.2) is 0 Å². The molecule has 1 rings (SSSR count). The lowest BCUT2D eigenvalue weighted by atomic mass is 10.0. The van der Waals surface area contributed by atoms with Crippen molar-refractivity contribution in [1.29, 1.82) is 0 Å². The number of allylic oxidation sites excluding steroid dienone is 1. The van der Waals surface area contributed by atoms with Gasteiger partial charge in [-0.1, -0.05) is 42.5 Å². The highest BCUT2D eigenvalue weighted by molar-refractivity contribution is 5.97. The van der Waals surface area contributed by atoms with Crippen molar-refractivity contribution in [2.45, 2.75) is 39.9 Å². The first-order valence-electron chi connectivity index (χ1n) is 7.53. The van der Waals surface area contributed by atoms with Gasteiger partial charge in [0.25, 0.3) is 0 Å². The summed E-state index contributed by atoms with van der Waals surface area (Å²) in [7, 11) is 0. The zero-order valence-corrected chi connectivity index (χ0v) is 13.5. The Kier molecular flexibility index (Phi) is 8.15. The Bertz CT molecular complexity index is 493. The molecule has 0 saturated carbocycles. The second-order valence-electron chi connectivity index (χ2n) is 5.08. The van der Waals surface area contributed by atoms with E-state index in [9.17, 15) is 9.59 Å². The minimum Gasteiger partial charge on any atom is -0.465 e. The maximum absolute atomic E-state index is 11.7. The van der Waals surface area contributed by atoms with Gasteiger partial charge in [0.05, 0.1) is 19.3 Å². The fraction of sp³-hybridized carbons (Fsp3) is 0.444. The van der Waals surface area contributed by atoms with E-state index in [-0.39, 0.29) is 18.5 Å². The van der Waals surface area contributed by atoms with Crippen LogP contribution in [0, 0.1) is 5.92 Å². The summed E-state index contributed by atoms with van der Waals surface area (Å²) in [6.45, 7) is 5.87. The molecule has 0 spiro atoms. The topological polar surface area (TPSA) is 52.6 Å². The number of carbonyl (C=O) groups is 2. The predicted octanol–water partition coefficient (Wildman–Crippen LogP) is 3.31. The summed E-state index contributed by atoms with van der Waals surface area (Å²) in [6, 6.07) is 9.90. The molecule has 0 aliphatic carbocycles. The van der Waals surface area contributed by atoms with Crippen molar-refractivity contribution in [2.24, 2.45) is 5.92 Å². The normalized spacial score (nSPS) is 13.8. The van der Waals surface area contributed by atoms with Crippen LogP contribution in [0.15, 0.2) is 42.5 Å². The molecule has 0 amide bonds. The van der Waals surface area contributed by atoms with E-state index in [4.69, 9.17) is 9.47 Å². The summed E-state index contributed by atoms with van der Waals surface area (Å²) in [5.74, 6) is -1.36. The first-order chi connectivity index (χ1) is 10.5. The molecule has 1 unspecified atom stereocenters. The fourth-order valence-electron chi connectivity index (χ4n) is 1.93. The number of hydrogen-bond donors (Lipinski definition) is 0. The smallest absolute Gasteiger partial charge is 0.316 e. The Morgan fingerprint density at radius 3 is 2.50 bits per heavy atom. The fourth-order valence-corrected chi connectivity index (χ4v) is 1.93. The van der Waals surface area contributed by atoms with Crippen LogP contribution in [0.25, 0.3) is 0 Å². The van der Waals surface area contributed by atoms with Gasteiger partial charge in [-0.15, -0.1) is 0 Å². The quantitative estimate of drug-likeness (QED) is 0.399. The van der Waals surface area contributed by atoms with E-state index in [0.29, 0.717) is 13.0 Å². The van der Waals surface area contributed by atoms with Crippen LogP contribution in [0.5, 0.6) is 0 Å². The highest BCUT2D eigenvalue weighted by Crippen LogP contribution is 2.10. The lowest BCUT2D eigenvalue weighted by Crippen LogP contribution is -2.23. The average molecular weight is 304 g/mol. The van der Waals surface area contributed by atoms with Crippen molar-refractivity contribution in [3.63, 3.8) is 0 Å². The van der Waals surface area contributed by atoms with Gasteiger partial charge in [-0.25, -0.2) is 0 Å². The molecule has 0 heterocycles. The summed E-state index contributed by atoms with van der Waals surface area (Å²) in [5, 5.41) is 0. The van der Waals surface area contributed by atoms with E-state index in [1.54, 1.807) is 13.0 Å². The molecule has 2 atom stereocenters. The lowest BCUT2D eigenvalue weighted by molar-refractivity contribution is -0.150. The standard InChI is InChI=1S/C18H24O4/c1-4-21-18(20)17(15(3)19)12-8-9-14(2)22-13-16-10-6-5-7-11-16/h5-11,14,17H,4,12-13H2,1-3H3/b9-8+/t14-,17?/m0/s1. The van der Waals surface area contributed by atoms with E-state index in [0.717, 1.165) is 5.56 Å². The average Bonchev–Trinajstić information content (AvgIpc) is 2.50. The van der Waals surface area contributed by atoms with E-state index < -0.39 is 11.9 Å². The minimum atomic E-state index is -0.725. The van der Waals surface area contributed by atoms with Gasteiger partial charge in [-0.3, -0.25) is 9.59 Å². The Balaban J connectivity index is 2.42. The number of benzene rings is 1. The maximum Gasteiger partial charge on any atom is 0.316 e. The molecular formula is C18H24O4. The second kappa shape index (κ2) is 9.90.